The highest BCUT2D eigenvalue weighted by atomic mass is 16.5. The number of nitrogens with one attached hydrogen (secondary N) is 2. The number of aromatic nitrogens is 3. The first-order valence-electron chi connectivity index (χ1n) is 9.73. The van der Waals surface area contributed by atoms with Crippen LogP contribution in [0.3, 0.4) is 0 Å². The van der Waals surface area contributed by atoms with Crippen LogP contribution in [0.1, 0.15) is 29.0 Å². The number of anilines is 1. The third-order valence-electron chi connectivity index (χ3n) is 5.07. The Morgan fingerprint density at radius 1 is 1.07 bits per heavy atom. The van der Waals surface area contributed by atoms with Gasteiger partial charge in [0, 0.05) is 24.0 Å². The minimum absolute atomic E-state index is 0.142. The maximum atomic E-state index is 12.4. The third kappa shape index (κ3) is 4.15. The number of aromatic amines is 1. The second kappa shape index (κ2) is 7.94. The number of benzene rings is 2. The molecule has 2 N–H and O–H groups in total. The molecule has 0 aliphatic heterocycles. The molecule has 0 saturated carbocycles. The van der Waals surface area contributed by atoms with Crippen LogP contribution in [-0.2, 0) is 11.2 Å². The van der Waals surface area contributed by atoms with Crippen molar-refractivity contribution in [3.63, 3.8) is 0 Å². The lowest BCUT2D eigenvalue weighted by molar-refractivity contribution is -0.116. The standard InChI is InChI=1S/C23H22N4O3/c1-13-4-7-19-16(10-13)12-18(23(29)25-19)22-26-21(30-27-22)9-8-20(28)24-17-6-5-14(2)15(3)11-17/h4-7,10-12H,8-9H2,1-3H3,(H,24,28)(H,25,29). The molecule has 0 saturated heterocycles. The number of rotatable bonds is 5. The summed E-state index contributed by atoms with van der Waals surface area (Å²) < 4.78 is 5.25. The Balaban J connectivity index is 1.46. The van der Waals surface area contributed by atoms with Crippen LogP contribution in [0.25, 0.3) is 22.3 Å². The van der Waals surface area contributed by atoms with Gasteiger partial charge in [0.15, 0.2) is 0 Å². The molecule has 0 aliphatic rings. The molecule has 2 heterocycles. The van der Waals surface area contributed by atoms with Gasteiger partial charge in [0.2, 0.25) is 17.6 Å². The molecule has 0 spiro atoms. The van der Waals surface area contributed by atoms with Crippen LogP contribution in [0.4, 0.5) is 5.69 Å². The topological polar surface area (TPSA) is 101 Å². The van der Waals surface area contributed by atoms with Gasteiger partial charge in [0.25, 0.3) is 5.56 Å². The Kier molecular flexibility index (Phi) is 5.18. The summed E-state index contributed by atoms with van der Waals surface area (Å²) in [5.74, 6) is 0.380. The SMILES string of the molecule is Cc1ccc2[nH]c(=O)c(-c3noc(CCC(=O)Nc4ccc(C)c(C)c4)n3)cc2c1. The lowest BCUT2D eigenvalue weighted by Crippen LogP contribution is -2.12. The molecule has 4 aromatic rings. The molecule has 152 valence electrons. The number of hydrogen-bond acceptors (Lipinski definition) is 5. The highest BCUT2D eigenvalue weighted by Crippen LogP contribution is 2.19. The lowest BCUT2D eigenvalue weighted by Gasteiger charge is -2.06. The van der Waals surface area contributed by atoms with Gasteiger partial charge in [-0.05, 0) is 67.6 Å². The summed E-state index contributed by atoms with van der Waals surface area (Å²) in [6.07, 6.45) is 0.482. The fourth-order valence-electron chi connectivity index (χ4n) is 3.22. The molecule has 7 nitrogen and oxygen atoms in total. The highest BCUT2D eigenvalue weighted by Gasteiger charge is 2.14. The third-order valence-corrected chi connectivity index (χ3v) is 5.07. The predicted octanol–water partition coefficient (Wildman–Crippen LogP) is 4.07. The average molecular weight is 402 g/mol. The van der Waals surface area contributed by atoms with Gasteiger partial charge in [-0.15, -0.1) is 0 Å². The molecular weight excluding hydrogens is 380 g/mol. The van der Waals surface area contributed by atoms with Gasteiger partial charge < -0.3 is 14.8 Å². The second-order valence-corrected chi connectivity index (χ2v) is 7.46. The van der Waals surface area contributed by atoms with Crippen molar-refractivity contribution < 1.29 is 9.32 Å². The van der Waals surface area contributed by atoms with E-state index in [1.165, 1.54) is 5.56 Å². The predicted molar refractivity (Wildman–Crippen MR) is 115 cm³/mol. The van der Waals surface area contributed by atoms with Crippen molar-refractivity contribution >= 4 is 22.5 Å². The molecule has 0 fully saturated rings. The second-order valence-electron chi connectivity index (χ2n) is 7.46. The first kappa shape index (κ1) is 19.6. The number of pyridine rings is 1. The van der Waals surface area contributed by atoms with Crippen molar-refractivity contribution in [1.29, 1.82) is 0 Å². The summed E-state index contributed by atoms with van der Waals surface area (Å²) in [5.41, 5.74) is 4.93. The van der Waals surface area contributed by atoms with Gasteiger partial charge >= 0.3 is 0 Å². The van der Waals surface area contributed by atoms with Crippen molar-refractivity contribution in [2.75, 3.05) is 5.32 Å². The van der Waals surface area contributed by atoms with Gasteiger partial charge in [0.05, 0.1) is 5.56 Å². The number of hydrogen-bond donors (Lipinski definition) is 2. The summed E-state index contributed by atoms with van der Waals surface area (Å²) in [7, 11) is 0. The average Bonchev–Trinajstić information content (AvgIpc) is 3.18. The van der Waals surface area contributed by atoms with Crippen molar-refractivity contribution in [3.05, 3.63) is 75.4 Å². The zero-order chi connectivity index (χ0) is 21.3. The number of nitrogens with zero attached hydrogens (tertiary/aromatic N) is 2. The normalized spacial score (nSPS) is 11.0. The number of amides is 1. The van der Waals surface area contributed by atoms with Gasteiger partial charge in [0.1, 0.15) is 0 Å². The molecule has 0 unspecified atom stereocenters. The molecule has 4 rings (SSSR count). The Morgan fingerprint density at radius 3 is 2.70 bits per heavy atom. The first-order chi connectivity index (χ1) is 14.4. The number of H-pyrrole nitrogens is 1. The van der Waals surface area contributed by atoms with Gasteiger partial charge in [-0.25, -0.2) is 0 Å². The van der Waals surface area contributed by atoms with Crippen LogP contribution < -0.4 is 10.9 Å². The highest BCUT2D eigenvalue weighted by molar-refractivity contribution is 5.91. The molecule has 0 atom stereocenters. The van der Waals surface area contributed by atoms with Crippen LogP contribution in [0, 0.1) is 20.8 Å². The molecule has 0 aliphatic carbocycles. The van der Waals surface area contributed by atoms with E-state index in [1.807, 2.05) is 57.2 Å². The monoisotopic (exact) mass is 402 g/mol. The van der Waals surface area contributed by atoms with E-state index >= 15 is 0 Å². The summed E-state index contributed by atoms with van der Waals surface area (Å²) in [4.78, 5) is 31.8. The summed E-state index contributed by atoms with van der Waals surface area (Å²) in [5, 5.41) is 7.68. The van der Waals surface area contributed by atoms with E-state index in [4.69, 9.17) is 4.52 Å². The molecule has 2 aromatic heterocycles. The maximum Gasteiger partial charge on any atom is 0.259 e. The van der Waals surface area contributed by atoms with Crippen LogP contribution in [-0.4, -0.2) is 21.0 Å². The van der Waals surface area contributed by atoms with Gasteiger partial charge in [-0.2, -0.15) is 4.98 Å². The van der Waals surface area contributed by atoms with E-state index in [-0.39, 0.29) is 30.1 Å². The first-order valence-corrected chi connectivity index (χ1v) is 9.73. The van der Waals surface area contributed by atoms with E-state index in [0.29, 0.717) is 11.5 Å². The molecule has 2 aromatic carbocycles. The number of fused-ring (bicyclic) bond motifs is 1. The largest absolute Gasteiger partial charge is 0.339 e. The molecule has 7 heteroatoms. The minimum atomic E-state index is -0.286. The molecule has 1 amide bonds. The van der Waals surface area contributed by atoms with Crippen molar-refractivity contribution in [3.8, 4) is 11.4 Å². The van der Waals surface area contributed by atoms with Crippen molar-refractivity contribution in [2.45, 2.75) is 33.6 Å². The molecule has 30 heavy (non-hydrogen) atoms. The zero-order valence-electron chi connectivity index (χ0n) is 17.1. The summed E-state index contributed by atoms with van der Waals surface area (Å²) in [6.45, 7) is 6.01. The quantitative estimate of drug-likeness (QED) is 0.524. The molecular formula is C23H22N4O3. The Morgan fingerprint density at radius 2 is 1.90 bits per heavy atom. The van der Waals surface area contributed by atoms with E-state index < -0.39 is 0 Å². The van der Waals surface area contributed by atoms with Crippen LogP contribution in [0.15, 0.2) is 51.8 Å². The van der Waals surface area contributed by atoms with Crippen LogP contribution in [0.2, 0.25) is 0 Å². The number of aryl methyl sites for hydroxylation is 4. The lowest BCUT2D eigenvalue weighted by atomic mass is 10.1. The maximum absolute atomic E-state index is 12.4. The van der Waals surface area contributed by atoms with Crippen LogP contribution >= 0.6 is 0 Å². The van der Waals surface area contributed by atoms with Crippen molar-refractivity contribution in [2.24, 2.45) is 0 Å². The van der Waals surface area contributed by atoms with Crippen molar-refractivity contribution in [1.82, 2.24) is 15.1 Å². The fourth-order valence-corrected chi connectivity index (χ4v) is 3.22. The minimum Gasteiger partial charge on any atom is -0.339 e. The van der Waals surface area contributed by atoms with E-state index in [0.717, 1.165) is 27.7 Å². The number of carbonyl (C=O) groups excluding carboxylic acids is 1. The molecule has 0 bridgehead atoms. The van der Waals surface area contributed by atoms with E-state index in [1.54, 1.807) is 6.07 Å². The van der Waals surface area contributed by atoms with Crippen LogP contribution in [0.5, 0.6) is 0 Å². The Bertz CT molecular complexity index is 1300. The fraction of sp³-hybridized carbons (Fsp3) is 0.217. The zero-order valence-corrected chi connectivity index (χ0v) is 17.1. The Hall–Kier alpha value is -3.74. The summed E-state index contributed by atoms with van der Waals surface area (Å²) >= 11 is 0. The molecule has 0 radical (unpaired) electrons. The Labute approximate surface area is 173 Å². The smallest absolute Gasteiger partial charge is 0.259 e. The number of carbonyl (C=O) groups is 1. The van der Waals surface area contributed by atoms with E-state index in [2.05, 4.69) is 20.4 Å². The van der Waals surface area contributed by atoms with Gasteiger partial charge in [-0.1, -0.05) is 22.9 Å². The van der Waals surface area contributed by atoms with E-state index in [9.17, 15) is 9.59 Å². The summed E-state index contributed by atoms with van der Waals surface area (Å²) in [6, 6.07) is 13.3. The van der Waals surface area contributed by atoms with Gasteiger partial charge in [-0.3, -0.25) is 9.59 Å².